The van der Waals surface area contributed by atoms with E-state index < -0.39 is 5.97 Å². The highest BCUT2D eigenvalue weighted by molar-refractivity contribution is 7.11. The summed E-state index contributed by atoms with van der Waals surface area (Å²) in [6, 6.07) is 9.53. The van der Waals surface area contributed by atoms with Gasteiger partial charge in [-0.15, -0.1) is 11.3 Å². The van der Waals surface area contributed by atoms with Crippen LogP contribution in [-0.2, 0) is 4.79 Å². The first kappa shape index (κ1) is 14.5. The molecule has 1 unspecified atom stereocenters. The van der Waals surface area contributed by atoms with Gasteiger partial charge >= 0.3 is 5.97 Å². The summed E-state index contributed by atoms with van der Waals surface area (Å²) in [7, 11) is 0. The third kappa shape index (κ3) is 3.17. The Hall–Kier alpha value is -1.88. The number of para-hydroxylation sites is 1. The van der Waals surface area contributed by atoms with Crippen molar-refractivity contribution in [3.8, 4) is 0 Å². The number of hydrogen-bond acceptors (Lipinski definition) is 4. The maximum atomic E-state index is 11.1. The number of carbonyl (C=O) groups is 1. The second kappa shape index (κ2) is 6.05. The molecule has 0 spiro atoms. The van der Waals surface area contributed by atoms with Gasteiger partial charge in [0.2, 0.25) is 0 Å². The van der Waals surface area contributed by atoms with Gasteiger partial charge in [-0.05, 0) is 32.9 Å². The molecule has 1 aromatic heterocycles. The van der Waals surface area contributed by atoms with E-state index in [-0.39, 0.29) is 12.6 Å². The minimum absolute atomic E-state index is 0.0405. The largest absolute Gasteiger partial charge is 0.480 e. The quantitative estimate of drug-likeness (QED) is 0.917. The van der Waals surface area contributed by atoms with Crippen molar-refractivity contribution in [2.75, 3.05) is 11.4 Å². The number of carboxylic acid groups (broad SMARTS) is 1. The van der Waals surface area contributed by atoms with Crippen LogP contribution in [0.25, 0.3) is 0 Å². The average Bonchev–Trinajstić information content (AvgIpc) is 2.75. The van der Waals surface area contributed by atoms with Gasteiger partial charge in [-0.1, -0.05) is 18.2 Å². The molecule has 0 bridgehead atoms. The fourth-order valence-corrected chi connectivity index (χ4v) is 3.21. The number of hydrogen-bond donors (Lipinski definition) is 1. The molecule has 20 heavy (non-hydrogen) atoms. The Bertz CT molecular complexity index is 595. The zero-order valence-corrected chi connectivity index (χ0v) is 12.6. The first-order chi connectivity index (χ1) is 9.49. The molecular formula is C15H18N2O2S. The Morgan fingerprint density at radius 3 is 2.50 bits per heavy atom. The van der Waals surface area contributed by atoms with E-state index >= 15 is 0 Å². The molecule has 1 atom stereocenters. The first-order valence-corrected chi connectivity index (χ1v) is 7.28. The van der Waals surface area contributed by atoms with Gasteiger partial charge in [0.25, 0.3) is 0 Å². The summed E-state index contributed by atoms with van der Waals surface area (Å²) in [6.07, 6.45) is 0. The smallest absolute Gasteiger partial charge is 0.323 e. The molecule has 0 fully saturated rings. The van der Waals surface area contributed by atoms with Gasteiger partial charge in [-0.3, -0.25) is 4.79 Å². The van der Waals surface area contributed by atoms with Crippen LogP contribution in [0.1, 0.15) is 28.5 Å². The molecule has 2 aromatic rings. The topological polar surface area (TPSA) is 53.4 Å². The maximum absolute atomic E-state index is 11.1. The minimum Gasteiger partial charge on any atom is -0.480 e. The predicted molar refractivity (Wildman–Crippen MR) is 81.4 cm³/mol. The van der Waals surface area contributed by atoms with Gasteiger partial charge in [-0.25, -0.2) is 4.98 Å². The number of thiazole rings is 1. The van der Waals surface area contributed by atoms with Gasteiger partial charge in [0, 0.05) is 10.6 Å². The normalized spacial score (nSPS) is 12.2. The highest BCUT2D eigenvalue weighted by Gasteiger charge is 2.22. The van der Waals surface area contributed by atoms with Crippen LogP contribution in [0.3, 0.4) is 0 Å². The Morgan fingerprint density at radius 1 is 1.35 bits per heavy atom. The van der Waals surface area contributed by atoms with Gasteiger partial charge in [-0.2, -0.15) is 0 Å². The van der Waals surface area contributed by atoms with E-state index in [0.29, 0.717) is 0 Å². The number of anilines is 1. The van der Waals surface area contributed by atoms with Gasteiger partial charge < -0.3 is 10.0 Å². The predicted octanol–water partition coefficient (Wildman–Crippen LogP) is 3.41. The van der Waals surface area contributed by atoms with E-state index in [4.69, 9.17) is 5.11 Å². The summed E-state index contributed by atoms with van der Waals surface area (Å²) in [6.45, 7) is 5.96. The van der Waals surface area contributed by atoms with Crippen molar-refractivity contribution in [3.05, 3.63) is 45.9 Å². The number of rotatable bonds is 5. The van der Waals surface area contributed by atoms with Gasteiger partial charge in [0.05, 0.1) is 16.7 Å². The highest BCUT2D eigenvalue weighted by Crippen LogP contribution is 2.30. The van der Waals surface area contributed by atoms with E-state index in [9.17, 15) is 4.79 Å². The monoisotopic (exact) mass is 290 g/mol. The van der Waals surface area contributed by atoms with Crippen molar-refractivity contribution >= 4 is 23.0 Å². The SMILES string of the molecule is Cc1nc(C(C)N(CC(=O)O)c2ccccc2)c(C)s1. The van der Waals surface area contributed by atoms with Crippen molar-refractivity contribution in [2.45, 2.75) is 26.8 Å². The zero-order chi connectivity index (χ0) is 14.7. The van der Waals surface area contributed by atoms with Crippen molar-refractivity contribution in [1.82, 2.24) is 4.98 Å². The number of aryl methyl sites for hydroxylation is 2. The summed E-state index contributed by atoms with van der Waals surface area (Å²) < 4.78 is 0. The molecule has 2 rings (SSSR count). The molecule has 1 aromatic carbocycles. The lowest BCUT2D eigenvalue weighted by Crippen LogP contribution is -2.32. The summed E-state index contributed by atoms with van der Waals surface area (Å²) in [5.74, 6) is -0.842. The van der Waals surface area contributed by atoms with Crippen LogP contribution in [-0.4, -0.2) is 22.6 Å². The van der Waals surface area contributed by atoms with Crippen molar-refractivity contribution in [2.24, 2.45) is 0 Å². The summed E-state index contributed by atoms with van der Waals surface area (Å²) in [5.41, 5.74) is 1.85. The van der Waals surface area contributed by atoms with E-state index in [1.54, 1.807) is 11.3 Å². The third-order valence-corrected chi connectivity index (χ3v) is 4.10. The molecule has 0 aliphatic heterocycles. The van der Waals surface area contributed by atoms with Gasteiger partial charge in [0.15, 0.2) is 0 Å². The number of aromatic nitrogens is 1. The standard InChI is InChI=1S/C15H18N2O2S/c1-10(15-11(2)20-12(3)16-15)17(9-14(18)19)13-7-5-4-6-8-13/h4-8,10H,9H2,1-3H3,(H,18,19). The van der Waals surface area contributed by atoms with Crippen LogP contribution >= 0.6 is 11.3 Å². The van der Waals surface area contributed by atoms with E-state index in [1.807, 2.05) is 56.0 Å². The summed E-state index contributed by atoms with van der Waals surface area (Å²) in [4.78, 5) is 18.7. The van der Waals surface area contributed by atoms with E-state index in [1.165, 1.54) is 0 Å². The van der Waals surface area contributed by atoms with Crippen LogP contribution in [0.15, 0.2) is 30.3 Å². The molecule has 0 saturated carbocycles. The molecule has 0 saturated heterocycles. The molecule has 1 N–H and O–H groups in total. The molecule has 0 amide bonds. The van der Waals surface area contributed by atoms with Gasteiger partial charge in [0.1, 0.15) is 6.54 Å². The van der Waals surface area contributed by atoms with Crippen LogP contribution < -0.4 is 4.90 Å². The lowest BCUT2D eigenvalue weighted by Gasteiger charge is -2.29. The van der Waals surface area contributed by atoms with Crippen LogP contribution in [0.5, 0.6) is 0 Å². The molecule has 5 heteroatoms. The number of carboxylic acids is 1. The molecule has 0 aliphatic carbocycles. The fourth-order valence-electron chi connectivity index (χ4n) is 2.30. The lowest BCUT2D eigenvalue weighted by molar-refractivity contribution is -0.135. The average molecular weight is 290 g/mol. The minimum atomic E-state index is -0.842. The number of aliphatic carboxylic acids is 1. The zero-order valence-electron chi connectivity index (χ0n) is 11.8. The fraction of sp³-hybridized carbons (Fsp3) is 0.333. The summed E-state index contributed by atoms with van der Waals surface area (Å²) >= 11 is 1.64. The van der Waals surface area contributed by atoms with Crippen LogP contribution in [0.4, 0.5) is 5.69 Å². The lowest BCUT2D eigenvalue weighted by atomic mass is 10.1. The van der Waals surface area contributed by atoms with Crippen molar-refractivity contribution < 1.29 is 9.90 Å². The van der Waals surface area contributed by atoms with Crippen molar-refractivity contribution in [1.29, 1.82) is 0 Å². The molecular weight excluding hydrogens is 272 g/mol. The Kier molecular flexibility index (Phi) is 4.39. The molecule has 106 valence electrons. The Morgan fingerprint density at radius 2 is 2.00 bits per heavy atom. The van der Waals surface area contributed by atoms with Crippen molar-refractivity contribution in [3.63, 3.8) is 0 Å². The third-order valence-electron chi connectivity index (χ3n) is 3.20. The van der Waals surface area contributed by atoms with Crippen LogP contribution in [0, 0.1) is 13.8 Å². The second-order valence-electron chi connectivity index (χ2n) is 4.71. The highest BCUT2D eigenvalue weighted by atomic mass is 32.1. The molecule has 4 nitrogen and oxygen atoms in total. The molecule has 0 radical (unpaired) electrons. The van der Waals surface area contributed by atoms with E-state index in [0.717, 1.165) is 21.3 Å². The number of nitrogens with zero attached hydrogens (tertiary/aromatic N) is 2. The van der Waals surface area contributed by atoms with E-state index in [2.05, 4.69) is 4.98 Å². The maximum Gasteiger partial charge on any atom is 0.323 e. The Labute approximate surface area is 122 Å². The molecule has 0 aliphatic rings. The molecule has 1 heterocycles. The van der Waals surface area contributed by atoms with Crippen LogP contribution in [0.2, 0.25) is 0 Å². The first-order valence-electron chi connectivity index (χ1n) is 6.46. The second-order valence-corrected chi connectivity index (χ2v) is 6.11. The summed E-state index contributed by atoms with van der Waals surface area (Å²) in [5, 5.41) is 10.2. The number of benzene rings is 1. The Balaban J connectivity index is 2.36.